The average molecular weight is 557 g/mol. The molecule has 216 valence electrons. The summed E-state index contributed by atoms with van der Waals surface area (Å²) in [4.78, 5) is 26.2. The largest absolute Gasteiger partial charge is 0.502 e. The smallest absolute Gasteiger partial charge is 0.315 e. The highest BCUT2D eigenvalue weighted by atomic mass is 16.7. The fraction of sp³-hybridized carbons (Fsp3) is 0.500. The zero-order valence-electron chi connectivity index (χ0n) is 22.7. The van der Waals surface area contributed by atoms with Gasteiger partial charge in [-0.25, -0.2) is 4.79 Å². The third kappa shape index (κ3) is 5.28. The monoisotopic (exact) mass is 556 g/mol. The molecule has 6 N–H and O–H groups in total. The summed E-state index contributed by atoms with van der Waals surface area (Å²) in [6.45, 7) is 2.97. The number of carbonyl (C=O) groups excluding carboxylic acids is 2. The van der Waals surface area contributed by atoms with E-state index in [4.69, 9.17) is 29.4 Å². The van der Waals surface area contributed by atoms with Crippen LogP contribution in [0, 0.1) is 11.8 Å². The Morgan fingerprint density at radius 2 is 1.68 bits per heavy atom. The van der Waals surface area contributed by atoms with E-state index in [-0.39, 0.29) is 48.6 Å². The molecule has 0 saturated carbocycles. The molecular weight excluding hydrogens is 520 g/mol. The lowest BCUT2D eigenvalue weighted by Gasteiger charge is -2.39. The van der Waals surface area contributed by atoms with Crippen LogP contribution < -0.4 is 40.6 Å². The van der Waals surface area contributed by atoms with Crippen molar-refractivity contribution in [1.29, 1.82) is 0 Å². The second kappa shape index (κ2) is 12.1. The van der Waals surface area contributed by atoms with Crippen molar-refractivity contribution >= 4 is 12.0 Å². The summed E-state index contributed by atoms with van der Waals surface area (Å²) in [6.07, 6.45) is 1.67. The molecule has 0 bridgehead atoms. The second-order valence-electron chi connectivity index (χ2n) is 10.0. The molecular formula is C28H36N4O8. The van der Waals surface area contributed by atoms with Gasteiger partial charge >= 0.3 is 12.0 Å². The number of nitrogens with one attached hydrogen (secondary N) is 3. The van der Waals surface area contributed by atoms with Crippen molar-refractivity contribution in [3.8, 4) is 28.7 Å². The molecule has 0 radical (unpaired) electrons. The number of methoxy groups -OCH3 is 2. The van der Waals surface area contributed by atoms with Gasteiger partial charge in [0.2, 0.25) is 12.5 Å². The van der Waals surface area contributed by atoms with Gasteiger partial charge < -0.3 is 50.5 Å². The maximum absolute atomic E-state index is 13.2. The predicted octanol–water partition coefficient (Wildman–Crippen LogP) is 1.74. The molecule has 2 amide bonds. The fourth-order valence-corrected chi connectivity index (χ4v) is 5.80. The summed E-state index contributed by atoms with van der Waals surface area (Å²) < 4.78 is 27.7. The topological polar surface area (TPSA) is 163 Å². The zero-order chi connectivity index (χ0) is 28.2. The number of phenols is 1. The van der Waals surface area contributed by atoms with E-state index in [9.17, 15) is 14.7 Å². The first-order chi connectivity index (χ1) is 19.5. The number of benzene rings is 2. The number of esters is 1. The zero-order valence-corrected chi connectivity index (χ0v) is 22.7. The Labute approximate surface area is 232 Å². The summed E-state index contributed by atoms with van der Waals surface area (Å²) in [5.74, 6) is -0.368. The number of amides is 2. The fourth-order valence-electron chi connectivity index (χ4n) is 5.80. The van der Waals surface area contributed by atoms with Gasteiger partial charge in [0.1, 0.15) is 0 Å². The number of cyclic esters (lactones) is 1. The standard InChI is InChI=1S/C28H36N4O8/c1-36-21-9-15(10-22(37-2)26(21)33)23-16-11-19-20(40-14-39-19)12-17(16)25(18-13-38-27(34)24(18)23)32-28(35)31-8-4-7-30-6-3-5-29/h9-12,18,23-25,30,33H,3-8,13-14,29H2,1-2H3,(H2,31,32,35)/t18?,23?,24-,25+/m0/s1. The van der Waals surface area contributed by atoms with E-state index in [1.54, 1.807) is 12.1 Å². The molecule has 2 aromatic rings. The van der Waals surface area contributed by atoms with E-state index < -0.39 is 17.9 Å². The number of rotatable bonds is 11. The Morgan fingerprint density at radius 3 is 2.35 bits per heavy atom. The van der Waals surface area contributed by atoms with Crippen LogP contribution in [0.3, 0.4) is 0 Å². The number of hydrogen-bond acceptors (Lipinski definition) is 10. The summed E-state index contributed by atoms with van der Waals surface area (Å²) in [5, 5.41) is 19.8. The highest BCUT2D eigenvalue weighted by Gasteiger charge is 2.53. The van der Waals surface area contributed by atoms with Gasteiger partial charge in [-0.05, 0) is 73.4 Å². The lowest BCUT2D eigenvalue weighted by atomic mass is 9.65. The Hall–Kier alpha value is -3.90. The SMILES string of the molecule is COc1cc(C2c3cc4c(cc3[C@@H](NC(=O)NCCCNCCCN)C3COC(=O)[C@H]23)OCO4)cc(OC)c1O. The van der Waals surface area contributed by atoms with Crippen LogP contribution in [0.25, 0.3) is 0 Å². The van der Waals surface area contributed by atoms with Crippen molar-refractivity contribution in [3.63, 3.8) is 0 Å². The number of urea groups is 1. The highest BCUT2D eigenvalue weighted by Crippen LogP contribution is 2.55. The van der Waals surface area contributed by atoms with Crippen molar-refractivity contribution in [3.05, 3.63) is 41.0 Å². The Balaban J connectivity index is 1.47. The number of carbonyl (C=O) groups is 2. The van der Waals surface area contributed by atoms with Crippen molar-refractivity contribution in [2.75, 3.05) is 53.8 Å². The Kier molecular flexibility index (Phi) is 8.36. The van der Waals surface area contributed by atoms with Crippen LogP contribution in [-0.4, -0.2) is 70.9 Å². The van der Waals surface area contributed by atoms with Gasteiger partial charge in [0.15, 0.2) is 23.0 Å². The number of ether oxygens (including phenoxy) is 5. The first-order valence-corrected chi connectivity index (χ1v) is 13.5. The average Bonchev–Trinajstić information content (AvgIpc) is 3.58. The first-order valence-electron chi connectivity index (χ1n) is 13.5. The third-order valence-corrected chi connectivity index (χ3v) is 7.71. The van der Waals surface area contributed by atoms with E-state index in [1.165, 1.54) is 14.2 Å². The molecule has 0 aromatic heterocycles. The van der Waals surface area contributed by atoms with Crippen molar-refractivity contribution in [2.24, 2.45) is 17.6 Å². The summed E-state index contributed by atoms with van der Waals surface area (Å²) in [5.41, 5.74) is 7.80. The quantitative estimate of drug-likeness (QED) is 0.204. The molecule has 0 spiro atoms. The first kappa shape index (κ1) is 27.7. The van der Waals surface area contributed by atoms with Crippen LogP contribution in [-0.2, 0) is 9.53 Å². The van der Waals surface area contributed by atoms with E-state index in [1.807, 2.05) is 12.1 Å². The minimum Gasteiger partial charge on any atom is -0.502 e. The van der Waals surface area contributed by atoms with Gasteiger partial charge in [0.25, 0.3) is 0 Å². The van der Waals surface area contributed by atoms with Crippen molar-refractivity contribution in [1.82, 2.24) is 16.0 Å². The molecule has 2 heterocycles. The van der Waals surface area contributed by atoms with Gasteiger partial charge in [-0.3, -0.25) is 4.79 Å². The number of phenolic OH excluding ortho intramolecular Hbond substituents is 1. The molecule has 1 fully saturated rings. The maximum Gasteiger partial charge on any atom is 0.315 e. The predicted molar refractivity (Wildman–Crippen MR) is 144 cm³/mol. The van der Waals surface area contributed by atoms with Gasteiger partial charge in [0, 0.05) is 18.4 Å². The highest BCUT2D eigenvalue weighted by molar-refractivity contribution is 5.80. The molecule has 2 aromatic carbocycles. The molecule has 4 atom stereocenters. The number of fused-ring (bicyclic) bond motifs is 3. The van der Waals surface area contributed by atoms with Crippen molar-refractivity contribution < 1.29 is 38.4 Å². The molecule has 1 aliphatic carbocycles. The molecule has 2 unspecified atom stereocenters. The molecule has 2 aliphatic heterocycles. The van der Waals surface area contributed by atoms with E-state index in [0.29, 0.717) is 30.2 Å². The van der Waals surface area contributed by atoms with E-state index in [2.05, 4.69) is 16.0 Å². The molecule has 3 aliphatic rings. The van der Waals surface area contributed by atoms with E-state index in [0.717, 1.165) is 37.1 Å². The van der Waals surface area contributed by atoms with Gasteiger partial charge in [-0.1, -0.05) is 0 Å². The Bertz CT molecular complexity index is 1230. The summed E-state index contributed by atoms with van der Waals surface area (Å²) in [7, 11) is 2.90. The third-order valence-electron chi connectivity index (χ3n) is 7.71. The van der Waals surface area contributed by atoms with Crippen molar-refractivity contribution in [2.45, 2.75) is 24.8 Å². The van der Waals surface area contributed by atoms with Gasteiger partial charge in [-0.15, -0.1) is 0 Å². The molecule has 40 heavy (non-hydrogen) atoms. The van der Waals surface area contributed by atoms with Gasteiger partial charge in [0.05, 0.1) is 32.8 Å². The summed E-state index contributed by atoms with van der Waals surface area (Å²) in [6, 6.07) is 6.27. The van der Waals surface area contributed by atoms with Crippen LogP contribution in [0.2, 0.25) is 0 Å². The Morgan fingerprint density at radius 1 is 1.00 bits per heavy atom. The van der Waals surface area contributed by atoms with Gasteiger partial charge in [-0.2, -0.15) is 0 Å². The van der Waals surface area contributed by atoms with Crippen LogP contribution in [0.1, 0.15) is 41.5 Å². The molecule has 5 rings (SSSR count). The maximum atomic E-state index is 13.2. The molecule has 12 nitrogen and oxygen atoms in total. The minimum atomic E-state index is -0.608. The van der Waals surface area contributed by atoms with Crippen LogP contribution >= 0.6 is 0 Å². The van der Waals surface area contributed by atoms with E-state index >= 15 is 0 Å². The van der Waals surface area contributed by atoms with Crippen LogP contribution in [0.5, 0.6) is 28.7 Å². The molecule has 1 saturated heterocycles. The minimum absolute atomic E-state index is 0.0799. The van der Waals surface area contributed by atoms with Crippen LogP contribution in [0.4, 0.5) is 4.79 Å². The second-order valence-corrected chi connectivity index (χ2v) is 10.0. The lowest BCUT2D eigenvalue weighted by Crippen LogP contribution is -2.46. The normalized spacial score (nSPS) is 22.2. The summed E-state index contributed by atoms with van der Waals surface area (Å²) >= 11 is 0. The number of hydrogen-bond donors (Lipinski definition) is 5. The number of nitrogens with two attached hydrogens (primary N) is 1. The van der Waals surface area contributed by atoms with Crippen LogP contribution in [0.15, 0.2) is 24.3 Å². The lowest BCUT2D eigenvalue weighted by molar-refractivity contribution is -0.141. The molecule has 12 heteroatoms. The number of aromatic hydroxyl groups is 1.